The van der Waals surface area contributed by atoms with Gasteiger partial charge in [-0.05, 0) is 5.41 Å². The van der Waals surface area contributed by atoms with Crippen LogP contribution in [-0.4, -0.2) is 25.0 Å². The van der Waals surface area contributed by atoms with Crippen molar-refractivity contribution in [2.75, 3.05) is 20.1 Å². The third-order valence-corrected chi connectivity index (χ3v) is 2.81. The predicted octanol–water partition coefficient (Wildman–Crippen LogP) is 1.51. The van der Waals surface area contributed by atoms with Crippen LogP contribution < -0.4 is 5.32 Å². The number of likely N-dealkylation sites (N-methyl/N-ethyl adjacent to an activating group) is 1. The van der Waals surface area contributed by atoms with E-state index in [4.69, 9.17) is 0 Å². The second kappa shape index (κ2) is 3.27. The van der Waals surface area contributed by atoms with Crippen molar-refractivity contribution < 1.29 is 0 Å². The molecule has 2 rings (SSSR count). The molecule has 64 valence electrons. The van der Waals surface area contributed by atoms with Crippen LogP contribution in [-0.2, 0) is 0 Å². The van der Waals surface area contributed by atoms with Crippen molar-refractivity contribution in [2.24, 2.45) is 0 Å². The van der Waals surface area contributed by atoms with E-state index >= 15 is 0 Å². The van der Waals surface area contributed by atoms with E-state index in [0.717, 1.165) is 13.1 Å². The highest BCUT2D eigenvalue weighted by Gasteiger charge is 2.10. The standard InChI is InChI=1S/C9H12N2S/c1-11-5-6-12-9-8(7-11)3-2-4-10-9/h2-3,5-6,10H,4,7H2,1H3. The van der Waals surface area contributed by atoms with Gasteiger partial charge in [-0.2, -0.15) is 0 Å². The minimum Gasteiger partial charge on any atom is -0.376 e. The monoisotopic (exact) mass is 180 g/mol. The number of dihydropyridines is 1. The molecule has 2 aliphatic rings. The molecule has 0 saturated carbocycles. The van der Waals surface area contributed by atoms with Crippen LogP contribution in [0.5, 0.6) is 0 Å². The van der Waals surface area contributed by atoms with Crippen LogP contribution in [0.4, 0.5) is 0 Å². The van der Waals surface area contributed by atoms with Gasteiger partial charge in [0.2, 0.25) is 0 Å². The molecule has 2 aliphatic heterocycles. The van der Waals surface area contributed by atoms with Crippen molar-refractivity contribution in [3.63, 3.8) is 0 Å². The van der Waals surface area contributed by atoms with Crippen LogP contribution >= 0.6 is 11.8 Å². The Labute approximate surface area is 77.0 Å². The highest BCUT2D eigenvalue weighted by Crippen LogP contribution is 2.24. The number of rotatable bonds is 0. The van der Waals surface area contributed by atoms with Gasteiger partial charge in [-0.3, -0.25) is 0 Å². The zero-order valence-corrected chi connectivity index (χ0v) is 7.90. The van der Waals surface area contributed by atoms with Gasteiger partial charge in [-0.15, -0.1) is 0 Å². The topological polar surface area (TPSA) is 15.3 Å². The first-order valence-electron chi connectivity index (χ1n) is 4.03. The van der Waals surface area contributed by atoms with Gasteiger partial charge in [0.15, 0.2) is 0 Å². The number of hydrogen-bond acceptors (Lipinski definition) is 3. The average molecular weight is 180 g/mol. The van der Waals surface area contributed by atoms with Crippen LogP contribution in [0.1, 0.15) is 0 Å². The van der Waals surface area contributed by atoms with Crippen molar-refractivity contribution in [2.45, 2.75) is 0 Å². The van der Waals surface area contributed by atoms with Crippen LogP contribution in [0, 0.1) is 0 Å². The summed E-state index contributed by atoms with van der Waals surface area (Å²) in [5.41, 5.74) is 1.39. The summed E-state index contributed by atoms with van der Waals surface area (Å²) in [6, 6.07) is 0. The second-order valence-electron chi connectivity index (χ2n) is 2.96. The maximum atomic E-state index is 3.36. The van der Waals surface area contributed by atoms with Gasteiger partial charge < -0.3 is 10.2 Å². The largest absolute Gasteiger partial charge is 0.376 e. The van der Waals surface area contributed by atoms with E-state index in [0.29, 0.717) is 0 Å². The molecule has 2 heterocycles. The number of nitrogens with one attached hydrogen (secondary N) is 1. The van der Waals surface area contributed by atoms with Gasteiger partial charge in [0, 0.05) is 31.9 Å². The molecule has 3 heteroatoms. The Kier molecular flexibility index (Phi) is 2.13. The summed E-state index contributed by atoms with van der Waals surface area (Å²) in [6.07, 6.45) is 6.49. The number of nitrogens with zero attached hydrogens (tertiary/aromatic N) is 1. The smallest absolute Gasteiger partial charge is 0.0777 e. The molecule has 0 unspecified atom stereocenters. The molecule has 0 radical (unpaired) electrons. The van der Waals surface area contributed by atoms with Gasteiger partial charge >= 0.3 is 0 Å². The molecule has 12 heavy (non-hydrogen) atoms. The van der Waals surface area contributed by atoms with E-state index in [1.165, 1.54) is 10.6 Å². The fraction of sp³-hybridized carbons (Fsp3) is 0.333. The summed E-state index contributed by atoms with van der Waals surface area (Å²) in [6.45, 7) is 1.96. The molecule has 0 atom stereocenters. The Hall–Kier alpha value is -0.830. The summed E-state index contributed by atoms with van der Waals surface area (Å²) < 4.78 is 0. The molecule has 0 fully saturated rings. The SMILES string of the molecule is CN1C=CSC2=C(C=CCN2)C1. The molecule has 0 aliphatic carbocycles. The van der Waals surface area contributed by atoms with Crippen molar-refractivity contribution in [3.05, 3.63) is 34.4 Å². The summed E-state index contributed by atoms with van der Waals surface area (Å²) in [4.78, 5) is 2.19. The Morgan fingerprint density at radius 3 is 3.42 bits per heavy atom. The molecular formula is C9H12N2S. The lowest BCUT2D eigenvalue weighted by Crippen LogP contribution is -2.20. The molecule has 0 spiro atoms. The summed E-state index contributed by atoms with van der Waals surface area (Å²) in [7, 11) is 2.09. The van der Waals surface area contributed by atoms with Crippen molar-refractivity contribution in [1.82, 2.24) is 10.2 Å². The Morgan fingerprint density at radius 1 is 1.58 bits per heavy atom. The highest BCUT2D eigenvalue weighted by molar-refractivity contribution is 8.05. The maximum absolute atomic E-state index is 3.36. The summed E-state index contributed by atoms with van der Waals surface area (Å²) >= 11 is 1.77. The minimum absolute atomic E-state index is 0.962. The van der Waals surface area contributed by atoms with Crippen LogP contribution in [0.15, 0.2) is 34.4 Å². The quantitative estimate of drug-likeness (QED) is 0.608. The number of thioether (sulfide) groups is 1. The van der Waals surface area contributed by atoms with Crippen LogP contribution in [0.3, 0.4) is 0 Å². The maximum Gasteiger partial charge on any atom is 0.0777 e. The fourth-order valence-corrected chi connectivity index (χ4v) is 2.16. The minimum atomic E-state index is 0.962. The normalized spacial score (nSPS) is 21.9. The Morgan fingerprint density at radius 2 is 2.50 bits per heavy atom. The second-order valence-corrected chi connectivity index (χ2v) is 3.87. The zero-order valence-electron chi connectivity index (χ0n) is 7.08. The summed E-state index contributed by atoms with van der Waals surface area (Å²) in [5, 5.41) is 6.78. The van der Waals surface area contributed by atoms with Crippen molar-refractivity contribution >= 4 is 11.8 Å². The molecular weight excluding hydrogens is 168 g/mol. The first-order valence-corrected chi connectivity index (χ1v) is 4.91. The molecule has 0 aromatic rings. The van der Waals surface area contributed by atoms with Gasteiger partial charge in [0.25, 0.3) is 0 Å². The Balaban J connectivity index is 2.24. The lowest BCUT2D eigenvalue weighted by Gasteiger charge is -2.17. The Bertz CT molecular complexity index is 266. The molecule has 0 bridgehead atoms. The van der Waals surface area contributed by atoms with Crippen LogP contribution in [0.25, 0.3) is 0 Å². The van der Waals surface area contributed by atoms with E-state index in [1.54, 1.807) is 11.8 Å². The van der Waals surface area contributed by atoms with Gasteiger partial charge in [0.05, 0.1) is 5.03 Å². The van der Waals surface area contributed by atoms with Gasteiger partial charge in [-0.25, -0.2) is 0 Å². The predicted molar refractivity (Wildman–Crippen MR) is 53.5 cm³/mol. The van der Waals surface area contributed by atoms with E-state index in [2.05, 4.69) is 41.0 Å². The third-order valence-electron chi connectivity index (χ3n) is 1.91. The van der Waals surface area contributed by atoms with E-state index in [1.807, 2.05) is 0 Å². The molecule has 0 aromatic carbocycles. The van der Waals surface area contributed by atoms with E-state index in [-0.39, 0.29) is 0 Å². The highest BCUT2D eigenvalue weighted by atomic mass is 32.2. The van der Waals surface area contributed by atoms with Crippen LogP contribution in [0.2, 0.25) is 0 Å². The van der Waals surface area contributed by atoms with Crippen molar-refractivity contribution in [3.8, 4) is 0 Å². The lowest BCUT2D eigenvalue weighted by atomic mass is 10.2. The fourth-order valence-electron chi connectivity index (χ4n) is 1.31. The van der Waals surface area contributed by atoms with Gasteiger partial charge in [-0.1, -0.05) is 23.9 Å². The molecule has 2 nitrogen and oxygen atoms in total. The first kappa shape index (κ1) is 7.80. The van der Waals surface area contributed by atoms with E-state index in [9.17, 15) is 0 Å². The third kappa shape index (κ3) is 1.50. The zero-order chi connectivity index (χ0) is 8.39. The first-order chi connectivity index (χ1) is 5.86. The van der Waals surface area contributed by atoms with E-state index < -0.39 is 0 Å². The van der Waals surface area contributed by atoms with Gasteiger partial charge in [0.1, 0.15) is 0 Å². The molecule has 1 N–H and O–H groups in total. The molecule has 0 saturated heterocycles. The number of hydrogen-bond donors (Lipinski definition) is 1. The molecule has 0 aromatic heterocycles. The molecule has 0 amide bonds. The van der Waals surface area contributed by atoms with Crippen molar-refractivity contribution in [1.29, 1.82) is 0 Å². The average Bonchev–Trinajstić information content (AvgIpc) is 2.25. The summed E-state index contributed by atoms with van der Waals surface area (Å²) in [5.74, 6) is 0. The lowest BCUT2D eigenvalue weighted by molar-refractivity contribution is 0.500.